The number of esters is 1. The van der Waals surface area contributed by atoms with Crippen molar-refractivity contribution < 1.29 is 33.4 Å². The summed E-state index contributed by atoms with van der Waals surface area (Å²) in [6.07, 6.45) is 0.255. The number of carbonyl (C=O) groups excluding carboxylic acids is 5. The molecule has 0 aliphatic rings. The van der Waals surface area contributed by atoms with Gasteiger partial charge in [0.25, 0.3) is 0 Å². The molecule has 4 N–H and O–H groups in total. The smallest absolute Gasteiger partial charge is 0.408 e. The third kappa shape index (κ3) is 13.5. The Morgan fingerprint density at radius 2 is 1.63 bits per heavy atom. The number of amides is 4. The second kappa shape index (κ2) is 17.5. The van der Waals surface area contributed by atoms with E-state index in [-0.39, 0.29) is 32.4 Å². The summed E-state index contributed by atoms with van der Waals surface area (Å²) in [5, 5.41) is 5.43. The van der Waals surface area contributed by atoms with Crippen molar-refractivity contribution in [2.24, 2.45) is 11.7 Å². The van der Waals surface area contributed by atoms with E-state index in [1.165, 1.54) is 4.90 Å². The maximum absolute atomic E-state index is 14.5. The van der Waals surface area contributed by atoms with Crippen LogP contribution in [0.5, 0.6) is 0 Å². The van der Waals surface area contributed by atoms with E-state index in [0.29, 0.717) is 17.9 Å². The molecule has 0 saturated heterocycles. The molecule has 0 radical (unpaired) electrons. The number of primary amides is 1. The Hall–Kier alpha value is -3.63. The zero-order valence-corrected chi connectivity index (χ0v) is 27.4. The number of carbonyl (C=O) groups is 5. The number of nitrogens with one attached hydrogen (secondary N) is 2. The van der Waals surface area contributed by atoms with Crippen LogP contribution in [-0.2, 0) is 28.7 Å². The summed E-state index contributed by atoms with van der Waals surface area (Å²) in [4.78, 5) is 66.5. The highest BCUT2D eigenvalue weighted by molar-refractivity contribution is 5.93. The van der Waals surface area contributed by atoms with E-state index in [0.717, 1.165) is 17.5 Å². The predicted molar refractivity (Wildman–Crippen MR) is 165 cm³/mol. The SMILES string of the molecule is CCOC(=O)CCNC(=O)C(c1cc(C)ccc1C)N(C(=O)C(CCC(N)=O)NC(=O)OC(C)(C)C)C(C)CCC(C)C. The lowest BCUT2D eigenvalue weighted by molar-refractivity contribution is -0.146. The van der Waals surface area contributed by atoms with E-state index in [9.17, 15) is 24.0 Å². The molecular formula is C32H52N4O7. The molecule has 1 rings (SSSR count). The third-order valence-electron chi connectivity index (χ3n) is 6.75. The summed E-state index contributed by atoms with van der Waals surface area (Å²) >= 11 is 0. The lowest BCUT2D eigenvalue weighted by Crippen LogP contribution is -2.56. The monoisotopic (exact) mass is 604 g/mol. The maximum Gasteiger partial charge on any atom is 0.408 e. The Bertz CT molecular complexity index is 1110. The van der Waals surface area contributed by atoms with Crippen molar-refractivity contribution in [2.75, 3.05) is 13.2 Å². The number of benzene rings is 1. The lowest BCUT2D eigenvalue weighted by atomic mass is 9.93. The van der Waals surface area contributed by atoms with Gasteiger partial charge in [-0.1, -0.05) is 37.6 Å². The maximum atomic E-state index is 14.5. The number of nitrogens with zero attached hydrogens (tertiary/aromatic N) is 1. The lowest BCUT2D eigenvalue weighted by Gasteiger charge is -2.39. The van der Waals surface area contributed by atoms with Gasteiger partial charge in [0.15, 0.2) is 0 Å². The molecule has 1 aromatic carbocycles. The highest BCUT2D eigenvalue weighted by Gasteiger charge is 2.39. The van der Waals surface area contributed by atoms with E-state index in [4.69, 9.17) is 15.2 Å². The summed E-state index contributed by atoms with van der Waals surface area (Å²) in [5.41, 5.74) is 6.89. The molecule has 43 heavy (non-hydrogen) atoms. The van der Waals surface area contributed by atoms with Gasteiger partial charge in [-0.05, 0) is 84.8 Å². The van der Waals surface area contributed by atoms with Crippen LogP contribution in [0.25, 0.3) is 0 Å². The second-order valence-corrected chi connectivity index (χ2v) is 12.4. The fourth-order valence-electron chi connectivity index (χ4n) is 4.58. The van der Waals surface area contributed by atoms with Crippen molar-refractivity contribution >= 4 is 29.8 Å². The number of hydrogen-bond donors (Lipinski definition) is 3. The average molecular weight is 605 g/mol. The molecule has 0 aromatic heterocycles. The van der Waals surface area contributed by atoms with Gasteiger partial charge in [-0.15, -0.1) is 0 Å². The first-order chi connectivity index (χ1) is 20.0. The quantitative estimate of drug-likeness (QED) is 0.238. The Labute approximate surface area is 256 Å². The van der Waals surface area contributed by atoms with Crippen LogP contribution in [-0.4, -0.2) is 65.5 Å². The van der Waals surface area contributed by atoms with Crippen LogP contribution >= 0.6 is 0 Å². The molecule has 242 valence electrons. The normalized spacial score (nSPS) is 13.4. The molecular weight excluding hydrogens is 552 g/mol. The van der Waals surface area contributed by atoms with Gasteiger partial charge < -0.3 is 30.7 Å². The molecule has 3 atom stereocenters. The molecule has 1 aromatic rings. The number of hydrogen-bond acceptors (Lipinski definition) is 7. The Morgan fingerprint density at radius 1 is 0.977 bits per heavy atom. The van der Waals surface area contributed by atoms with E-state index < -0.39 is 53.5 Å². The first-order valence-corrected chi connectivity index (χ1v) is 15.1. The van der Waals surface area contributed by atoms with Gasteiger partial charge >= 0.3 is 12.1 Å². The zero-order chi connectivity index (χ0) is 32.9. The minimum atomic E-state index is -1.19. The van der Waals surface area contributed by atoms with E-state index in [2.05, 4.69) is 24.5 Å². The second-order valence-electron chi connectivity index (χ2n) is 12.4. The zero-order valence-electron chi connectivity index (χ0n) is 27.4. The van der Waals surface area contributed by atoms with Crippen LogP contribution in [0.15, 0.2) is 18.2 Å². The summed E-state index contributed by atoms with van der Waals surface area (Å²) in [5.74, 6) is -1.77. The average Bonchev–Trinajstić information content (AvgIpc) is 2.88. The van der Waals surface area contributed by atoms with Crippen LogP contribution in [0.1, 0.15) is 103 Å². The summed E-state index contributed by atoms with van der Waals surface area (Å²) in [7, 11) is 0. The molecule has 0 fully saturated rings. The molecule has 11 nitrogen and oxygen atoms in total. The first-order valence-electron chi connectivity index (χ1n) is 15.1. The van der Waals surface area contributed by atoms with Gasteiger partial charge in [-0.25, -0.2) is 4.79 Å². The van der Waals surface area contributed by atoms with Gasteiger partial charge in [0.2, 0.25) is 17.7 Å². The van der Waals surface area contributed by atoms with Crippen molar-refractivity contribution in [3.63, 3.8) is 0 Å². The van der Waals surface area contributed by atoms with Crippen molar-refractivity contribution in [1.29, 1.82) is 0 Å². The minimum absolute atomic E-state index is 0.0166. The van der Waals surface area contributed by atoms with Crippen LogP contribution in [0, 0.1) is 19.8 Å². The number of rotatable bonds is 16. The molecule has 0 spiro atoms. The first kappa shape index (κ1) is 37.4. The number of alkyl carbamates (subject to hydrolysis) is 1. The Morgan fingerprint density at radius 3 is 2.19 bits per heavy atom. The standard InChI is InChI=1S/C32H52N4O7/c1-10-42-27(38)17-18-34-29(39)28(24-19-21(4)12-13-22(24)5)36(23(6)14-11-20(2)3)30(40)25(15-16-26(33)37)35-31(41)43-32(7,8)9/h12-13,19-20,23,25,28H,10-11,14-18H2,1-9H3,(H2,33,37)(H,34,39)(H,35,41). The fourth-order valence-corrected chi connectivity index (χ4v) is 4.58. The van der Waals surface area contributed by atoms with E-state index in [1.807, 2.05) is 39.0 Å². The van der Waals surface area contributed by atoms with Crippen LogP contribution < -0.4 is 16.4 Å². The topological polar surface area (TPSA) is 157 Å². The predicted octanol–water partition coefficient (Wildman–Crippen LogP) is 4.23. The molecule has 0 saturated carbocycles. The van der Waals surface area contributed by atoms with Gasteiger partial charge in [0.05, 0.1) is 13.0 Å². The molecule has 11 heteroatoms. The number of aryl methyl sites for hydroxylation is 2. The largest absolute Gasteiger partial charge is 0.466 e. The fraction of sp³-hybridized carbons (Fsp3) is 0.656. The van der Waals surface area contributed by atoms with E-state index in [1.54, 1.807) is 27.7 Å². The Kier molecular flexibility index (Phi) is 15.2. The van der Waals surface area contributed by atoms with Crippen molar-refractivity contribution in [3.8, 4) is 0 Å². The van der Waals surface area contributed by atoms with Gasteiger partial charge in [-0.2, -0.15) is 0 Å². The molecule has 0 heterocycles. The van der Waals surface area contributed by atoms with Crippen LogP contribution in [0.2, 0.25) is 0 Å². The molecule has 4 amide bonds. The molecule has 0 aliphatic heterocycles. The number of ether oxygens (including phenoxy) is 2. The summed E-state index contributed by atoms with van der Waals surface area (Å²) < 4.78 is 10.4. The van der Waals surface area contributed by atoms with Gasteiger partial charge in [-0.3, -0.25) is 19.2 Å². The van der Waals surface area contributed by atoms with Crippen LogP contribution in [0.4, 0.5) is 4.79 Å². The summed E-state index contributed by atoms with van der Waals surface area (Å²) in [6, 6.07) is 2.95. The highest BCUT2D eigenvalue weighted by Crippen LogP contribution is 2.30. The highest BCUT2D eigenvalue weighted by atomic mass is 16.6. The minimum Gasteiger partial charge on any atom is -0.466 e. The summed E-state index contributed by atoms with van der Waals surface area (Å²) in [6.45, 7) is 16.8. The van der Waals surface area contributed by atoms with Gasteiger partial charge in [0.1, 0.15) is 17.7 Å². The van der Waals surface area contributed by atoms with Crippen molar-refractivity contribution in [1.82, 2.24) is 15.5 Å². The molecule has 0 aliphatic carbocycles. The Balaban J connectivity index is 3.68. The third-order valence-corrected chi connectivity index (χ3v) is 6.75. The van der Waals surface area contributed by atoms with Crippen molar-refractivity contribution in [3.05, 3.63) is 34.9 Å². The van der Waals surface area contributed by atoms with E-state index >= 15 is 0 Å². The number of nitrogens with two attached hydrogens (primary N) is 1. The molecule has 3 unspecified atom stereocenters. The van der Waals surface area contributed by atoms with Crippen LogP contribution in [0.3, 0.4) is 0 Å². The van der Waals surface area contributed by atoms with Crippen molar-refractivity contribution in [2.45, 2.75) is 118 Å². The van der Waals surface area contributed by atoms with Gasteiger partial charge in [0, 0.05) is 19.0 Å². The molecule has 0 bridgehead atoms.